The van der Waals surface area contributed by atoms with Crippen LogP contribution < -0.4 is 4.90 Å². The number of carbonyl (C=O) groups is 1. The molecule has 1 aromatic carbocycles. The van der Waals surface area contributed by atoms with Gasteiger partial charge in [0.2, 0.25) is 0 Å². The second kappa shape index (κ2) is 5.49. The van der Waals surface area contributed by atoms with Gasteiger partial charge in [-0.1, -0.05) is 29.8 Å². The van der Waals surface area contributed by atoms with Gasteiger partial charge in [-0.05, 0) is 24.6 Å². The lowest BCUT2D eigenvalue weighted by Crippen LogP contribution is -2.21. The fourth-order valence-electron chi connectivity index (χ4n) is 1.92. The number of nitrogens with zero attached hydrogens (tertiary/aromatic N) is 1. The Bertz CT molecular complexity index is 591. The average Bonchev–Trinajstić information content (AvgIpc) is 2.87. The molecule has 4 heteroatoms. The number of Topliss-reactive ketones (excluding diaryl/α,β-unsaturated/α-hetero) is 1. The predicted molar refractivity (Wildman–Crippen MR) is 77.0 cm³/mol. The maximum absolute atomic E-state index is 11.2. The molecular formula is C15H16ClNO2. The number of furan rings is 1. The molecule has 2 aromatic rings. The lowest BCUT2D eigenvalue weighted by molar-refractivity contribution is 0.0987. The van der Waals surface area contributed by atoms with Crippen molar-refractivity contribution in [3.8, 4) is 0 Å². The fraction of sp³-hybridized carbons (Fsp3) is 0.267. The van der Waals surface area contributed by atoms with Crippen molar-refractivity contribution in [2.24, 2.45) is 0 Å². The van der Waals surface area contributed by atoms with Gasteiger partial charge in [-0.3, -0.25) is 4.79 Å². The minimum atomic E-state index is -0.0787. The number of hydrogen-bond donors (Lipinski definition) is 0. The van der Waals surface area contributed by atoms with E-state index in [0.29, 0.717) is 11.6 Å². The van der Waals surface area contributed by atoms with Gasteiger partial charge >= 0.3 is 0 Å². The standard InChI is InChI=1S/C15H16ClNO2/c1-10(12-6-4-5-7-13(12)16)17(3)15-9-8-14(19-15)11(2)18/h4-10H,1-3H3. The van der Waals surface area contributed by atoms with Crippen LogP contribution in [0.25, 0.3) is 0 Å². The van der Waals surface area contributed by atoms with E-state index in [1.54, 1.807) is 12.1 Å². The van der Waals surface area contributed by atoms with Crippen molar-refractivity contribution in [3.05, 3.63) is 52.7 Å². The molecule has 1 atom stereocenters. The third-order valence-corrected chi connectivity index (χ3v) is 3.57. The Hall–Kier alpha value is -1.74. The molecule has 100 valence electrons. The topological polar surface area (TPSA) is 33.5 Å². The summed E-state index contributed by atoms with van der Waals surface area (Å²) in [6.07, 6.45) is 0. The highest BCUT2D eigenvalue weighted by Crippen LogP contribution is 2.30. The van der Waals surface area contributed by atoms with Gasteiger partial charge in [0.1, 0.15) is 0 Å². The first kappa shape index (κ1) is 13.7. The molecule has 1 heterocycles. The Morgan fingerprint density at radius 1 is 1.26 bits per heavy atom. The zero-order valence-electron chi connectivity index (χ0n) is 11.2. The third-order valence-electron chi connectivity index (χ3n) is 3.22. The normalized spacial score (nSPS) is 12.2. The zero-order valence-corrected chi connectivity index (χ0v) is 11.9. The quantitative estimate of drug-likeness (QED) is 0.780. The third kappa shape index (κ3) is 2.82. The van der Waals surface area contributed by atoms with E-state index in [2.05, 4.69) is 0 Å². The molecule has 2 rings (SSSR count). The summed E-state index contributed by atoms with van der Waals surface area (Å²) in [7, 11) is 1.91. The summed E-state index contributed by atoms with van der Waals surface area (Å²) >= 11 is 6.19. The first-order chi connectivity index (χ1) is 9.00. The second-order valence-corrected chi connectivity index (χ2v) is 4.91. The molecule has 0 bridgehead atoms. The van der Waals surface area contributed by atoms with Crippen LogP contribution in [-0.2, 0) is 0 Å². The summed E-state index contributed by atoms with van der Waals surface area (Å²) in [6.45, 7) is 3.53. The Balaban J connectivity index is 2.25. The molecular weight excluding hydrogens is 262 g/mol. The summed E-state index contributed by atoms with van der Waals surface area (Å²) in [6, 6.07) is 11.2. The largest absolute Gasteiger partial charge is 0.437 e. The van der Waals surface area contributed by atoms with Crippen LogP contribution in [0.15, 0.2) is 40.8 Å². The van der Waals surface area contributed by atoms with Gasteiger partial charge in [-0.25, -0.2) is 0 Å². The van der Waals surface area contributed by atoms with Gasteiger partial charge < -0.3 is 9.32 Å². The van der Waals surface area contributed by atoms with Gasteiger partial charge in [0.15, 0.2) is 17.4 Å². The number of carbonyl (C=O) groups excluding carboxylic acids is 1. The van der Waals surface area contributed by atoms with Crippen LogP contribution in [0.5, 0.6) is 0 Å². The van der Waals surface area contributed by atoms with Crippen LogP contribution in [-0.4, -0.2) is 12.8 Å². The number of benzene rings is 1. The average molecular weight is 278 g/mol. The minimum absolute atomic E-state index is 0.0552. The smallest absolute Gasteiger partial charge is 0.196 e. The molecule has 0 spiro atoms. The number of ketones is 1. The molecule has 0 aliphatic heterocycles. The summed E-state index contributed by atoms with van der Waals surface area (Å²) in [5.74, 6) is 0.941. The minimum Gasteiger partial charge on any atom is -0.437 e. The second-order valence-electron chi connectivity index (χ2n) is 4.50. The van der Waals surface area contributed by atoms with Crippen LogP contribution in [0, 0.1) is 0 Å². The Labute approximate surface area is 117 Å². The van der Waals surface area contributed by atoms with Crippen molar-refractivity contribution in [1.82, 2.24) is 0 Å². The van der Waals surface area contributed by atoms with Crippen molar-refractivity contribution in [2.75, 3.05) is 11.9 Å². The SMILES string of the molecule is CC(=O)c1ccc(N(C)C(C)c2ccccc2Cl)o1. The van der Waals surface area contributed by atoms with E-state index in [4.69, 9.17) is 16.0 Å². The molecule has 0 saturated heterocycles. The number of halogens is 1. The lowest BCUT2D eigenvalue weighted by Gasteiger charge is -2.25. The van der Waals surface area contributed by atoms with Crippen molar-refractivity contribution < 1.29 is 9.21 Å². The summed E-state index contributed by atoms with van der Waals surface area (Å²) < 4.78 is 5.52. The van der Waals surface area contributed by atoms with Crippen molar-refractivity contribution in [3.63, 3.8) is 0 Å². The van der Waals surface area contributed by atoms with Gasteiger partial charge in [-0.2, -0.15) is 0 Å². The van der Waals surface area contributed by atoms with Crippen molar-refractivity contribution in [1.29, 1.82) is 0 Å². The van der Waals surface area contributed by atoms with E-state index in [1.807, 2.05) is 43.1 Å². The van der Waals surface area contributed by atoms with Crippen LogP contribution in [0.4, 0.5) is 5.88 Å². The van der Waals surface area contributed by atoms with E-state index < -0.39 is 0 Å². The monoisotopic (exact) mass is 277 g/mol. The number of anilines is 1. The number of rotatable bonds is 4. The molecule has 0 saturated carbocycles. The van der Waals surface area contributed by atoms with Gasteiger partial charge in [-0.15, -0.1) is 0 Å². The molecule has 0 fully saturated rings. The van der Waals surface area contributed by atoms with E-state index in [0.717, 1.165) is 10.6 Å². The Morgan fingerprint density at radius 3 is 2.53 bits per heavy atom. The molecule has 1 aromatic heterocycles. The molecule has 0 amide bonds. The van der Waals surface area contributed by atoms with Crippen molar-refractivity contribution in [2.45, 2.75) is 19.9 Å². The van der Waals surface area contributed by atoms with E-state index in [-0.39, 0.29) is 11.8 Å². The molecule has 0 aliphatic carbocycles. The van der Waals surface area contributed by atoms with Gasteiger partial charge in [0.05, 0.1) is 6.04 Å². The fourth-order valence-corrected chi connectivity index (χ4v) is 2.21. The maximum atomic E-state index is 11.2. The number of hydrogen-bond acceptors (Lipinski definition) is 3. The van der Waals surface area contributed by atoms with Crippen LogP contribution in [0.3, 0.4) is 0 Å². The molecule has 0 aliphatic rings. The lowest BCUT2D eigenvalue weighted by atomic mass is 10.1. The summed E-state index contributed by atoms with van der Waals surface area (Å²) in [4.78, 5) is 13.2. The molecule has 0 N–H and O–H groups in total. The Morgan fingerprint density at radius 2 is 1.95 bits per heavy atom. The van der Waals surface area contributed by atoms with Crippen LogP contribution >= 0.6 is 11.6 Å². The van der Waals surface area contributed by atoms with E-state index in [9.17, 15) is 4.79 Å². The first-order valence-electron chi connectivity index (χ1n) is 6.08. The van der Waals surface area contributed by atoms with Gasteiger partial charge in [0, 0.05) is 25.1 Å². The molecule has 1 unspecified atom stereocenters. The van der Waals surface area contributed by atoms with E-state index in [1.165, 1.54) is 6.92 Å². The highest BCUT2D eigenvalue weighted by molar-refractivity contribution is 6.31. The predicted octanol–water partition coefficient (Wildman–Crippen LogP) is 4.33. The molecule has 3 nitrogen and oxygen atoms in total. The molecule has 19 heavy (non-hydrogen) atoms. The maximum Gasteiger partial charge on any atom is 0.196 e. The van der Waals surface area contributed by atoms with E-state index >= 15 is 0 Å². The summed E-state index contributed by atoms with van der Waals surface area (Å²) in [5.41, 5.74) is 1.02. The molecule has 0 radical (unpaired) electrons. The summed E-state index contributed by atoms with van der Waals surface area (Å²) in [5, 5.41) is 0.722. The highest BCUT2D eigenvalue weighted by Gasteiger charge is 2.18. The highest BCUT2D eigenvalue weighted by atomic mass is 35.5. The van der Waals surface area contributed by atoms with Crippen LogP contribution in [0.2, 0.25) is 5.02 Å². The zero-order chi connectivity index (χ0) is 14.0. The first-order valence-corrected chi connectivity index (χ1v) is 6.46. The van der Waals surface area contributed by atoms with Crippen molar-refractivity contribution >= 4 is 23.3 Å². The van der Waals surface area contributed by atoms with Crippen LogP contribution in [0.1, 0.15) is 36.0 Å². The van der Waals surface area contributed by atoms with Gasteiger partial charge in [0.25, 0.3) is 0 Å². The Kier molecular flexibility index (Phi) is 3.96.